The van der Waals surface area contributed by atoms with Gasteiger partial charge in [-0.05, 0) is 12.1 Å². The molecule has 1 N–H and O–H groups in total. The van der Waals surface area contributed by atoms with Crippen LogP contribution in [0.25, 0.3) is 0 Å². The van der Waals surface area contributed by atoms with Crippen LogP contribution in [0.2, 0.25) is 10.0 Å². The standard InChI is InChI=1S/C12H11Cl2N3O2.HNO3/c13-9-1-2-10(11(14)5-9)12(18-3-4-19-12)6-17-8-15-7-16-17;2-1(3)4/h1-2,5,7-8H,3-4,6H2;(H,2,3,4). The summed E-state index contributed by atoms with van der Waals surface area (Å²) in [5, 5.41) is 18.8. The molecule has 1 aromatic heterocycles. The maximum atomic E-state index is 8.36. The number of hydrogen-bond donors (Lipinski definition) is 1. The van der Waals surface area contributed by atoms with Gasteiger partial charge in [-0.3, -0.25) is 0 Å². The van der Waals surface area contributed by atoms with Gasteiger partial charge in [0, 0.05) is 10.6 Å². The molecule has 0 bridgehead atoms. The van der Waals surface area contributed by atoms with E-state index in [1.54, 1.807) is 23.1 Å². The molecule has 1 saturated heterocycles. The Balaban J connectivity index is 0.000000433. The van der Waals surface area contributed by atoms with Gasteiger partial charge in [0.1, 0.15) is 19.2 Å². The third kappa shape index (κ3) is 4.52. The van der Waals surface area contributed by atoms with Crippen molar-refractivity contribution < 1.29 is 19.8 Å². The minimum Gasteiger partial charge on any atom is -0.342 e. The average molecular weight is 363 g/mol. The summed E-state index contributed by atoms with van der Waals surface area (Å²) in [4.78, 5) is 12.3. The van der Waals surface area contributed by atoms with E-state index >= 15 is 0 Å². The number of hydrogen-bond acceptors (Lipinski definition) is 6. The van der Waals surface area contributed by atoms with E-state index in [2.05, 4.69) is 10.1 Å². The highest BCUT2D eigenvalue weighted by molar-refractivity contribution is 6.35. The van der Waals surface area contributed by atoms with Crippen LogP contribution in [0.4, 0.5) is 0 Å². The molecule has 11 heteroatoms. The smallest absolute Gasteiger partial charge is 0.291 e. The molecule has 0 radical (unpaired) electrons. The van der Waals surface area contributed by atoms with Crippen molar-refractivity contribution in [3.63, 3.8) is 0 Å². The van der Waals surface area contributed by atoms with E-state index in [-0.39, 0.29) is 0 Å². The molecule has 9 nitrogen and oxygen atoms in total. The van der Waals surface area contributed by atoms with Gasteiger partial charge in [-0.25, -0.2) is 9.67 Å². The predicted octanol–water partition coefficient (Wildman–Crippen LogP) is 2.14. The summed E-state index contributed by atoms with van der Waals surface area (Å²) in [5.41, 5.74) is 0.742. The van der Waals surface area contributed by atoms with Gasteiger partial charge in [-0.15, -0.1) is 10.1 Å². The van der Waals surface area contributed by atoms with E-state index in [1.165, 1.54) is 6.33 Å². The first-order valence-corrected chi connectivity index (χ1v) is 7.08. The molecule has 0 aliphatic carbocycles. The Morgan fingerprint density at radius 2 is 2.04 bits per heavy atom. The third-order valence-electron chi connectivity index (χ3n) is 2.93. The zero-order chi connectivity index (χ0) is 16.9. The highest BCUT2D eigenvalue weighted by Gasteiger charge is 2.41. The summed E-state index contributed by atoms with van der Waals surface area (Å²) in [5.74, 6) is -0.935. The molecular formula is C12H12Cl2N4O5. The second kappa shape index (κ2) is 7.55. The maximum absolute atomic E-state index is 8.36. The molecule has 3 rings (SSSR count). The van der Waals surface area contributed by atoms with Crippen molar-refractivity contribution in [3.05, 3.63) is 56.6 Å². The van der Waals surface area contributed by atoms with E-state index in [9.17, 15) is 0 Å². The summed E-state index contributed by atoms with van der Waals surface area (Å²) in [7, 11) is 0. The van der Waals surface area contributed by atoms with E-state index in [4.69, 9.17) is 48.0 Å². The van der Waals surface area contributed by atoms with Crippen molar-refractivity contribution >= 4 is 23.2 Å². The van der Waals surface area contributed by atoms with Crippen LogP contribution >= 0.6 is 23.2 Å². The largest absolute Gasteiger partial charge is 0.342 e. The van der Waals surface area contributed by atoms with Gasteiger partial charge < -0.3 is 14.7 Å². The van der Waals surface area contributed by atoms with Gasteiger partial charge in [-0.2, -0.15) is 5.10 Å². The Bertz CT molecular complexity index is 657. The van der Waals surface area contributed by atoms with E-state index in [1.807, 2.05) is 6.07 Å². The van der Waals surface area contributed by atoms with Crippen LogP contribution in [0.3, 0.4) is 0 Å². The van der Waals surface area contributed by atoms with Gasteiger partial charge in [0.15, 0.2) is 0 Å². The summed E-state index contributed by atoms with van der Waals surface area (Å²) >= 11 is 12.2. The Morgan fingerprint density at radius 3 is 2.57 bits per heavy atom. The SMILES string of the molecule is Clc1ccc(C2(Cn3cncn3)OCCO2)c(Cl)c1.O=[N+]([O-])O. The van der Waals surface area contributed by atoms with Crippen molar-refractivity contribution in [1.82, 2.24) is 14.8 Å². The lowest BCUT2D eigenvalue weighted by Crippen LogP contribution is -2.33. The zero-order valence-corrected chi connectivity index (χ0v) is 13.1. The first-order chi connectivity index (χ1) is 10.9. The molecule has 0 unspecified atom stereocenters. The van der Waals surface area contributed by atoms with Gasteiger partial charge in [-0.1, -0.05) is 29.3 Å². The number of rotatable bonds is 3. The summed E-state index contributed by atoms with van der Waals surface area (Å²) in [6.07, 6.45) is 3.07. The topological polar surface area (TPSA) is 113 Å². The average Bonchev–Trinajstić information content (AvgIpc) is 3.11. The van der Waals surface area contributed by atoms with Crippen LogP contribution < -0.4 is 0 Å². The molecule has 1 aliphatic rings. The lowest BCUT2D eigenvalue weighted by atomic mass is 10.1. The highest BCUT2D eigenvalue weighted by atomic mass is 35.5. The monoisotopic (exact) mass is 362 g/mol. The van der Waals surface area contributed by atoms with Crippen molar-refractivity contribution in [2.75, 3.05) is 13.2 Å². The van der Waals surface area contributed by atoms with Gasteiger partial charge >= 0.3 is 0 Å². The first-order valence-electron chi connectivity index (χ1n) is 6.32. The lowest BCUT2D eigenvalue weighted by Gasteiger charge is -2.28. The fraction of sp³-hybridized carbons (Fsp3) is 0.333. The normalized spacial score (nSPS) is 15.7. The molecule has 0 amide bonds. The maximum Gasteiger partial charge on any atom is 0.291 e. The molecule has 124 valence electrons. The summed E-state index contributed by atoms with van der Waals surface area (Å²) in [6, 6.07) is 5.25. The van der Waals surface area contributed by atoms with Crippen LogP contribution in [0, 0.1) is 10.1 Å². The molecule has 1 fully saturated rings. The minimum atomic E-state index is -1.50. The lowest BCUT2D eigenvalue weighted by molar-refractivity contribution is -0.742. The van der Waals surface area contributed by atoms with E-state index in [0.29, 0.717) is 29.8 Å². The molecule has 0 spiro atoms. The van der Waals surface area contributed by atoms with Crippen molar-refractivity contribution in [2.24, 2.45) is 0 Å². The Morgan fingerprint density at radius 1 is 1.39 bits per heavy atom. The summed E-state index contributed by atoms with van der Waals surface area (Å²) in [6.45, 7) is 1.40. The van der Waals surface area contributed by atoms with Crippen molar-refractivity contribution in [1.29, 1.82) is 0 Å². The fourth-order valence-corrected chi connectivity index (χ4v) is 2.67. The molecule has 1 aromatic carbocycles. The number of nitrogens with zero attached hydrogens (tertiary/aromatic N) is 4. The van der Waals surface area contributed by atoms with Crippen LogP contribution in [0.15, 0.2) is 30.9 Å². The fourth-order valence-electron chi connectivity index (χ4n) is 2.11. The zero-order valence-electron chi connectivity index (χ0n) is 11.6. The molecule has 0 atom stereocenters. The minimum absolute atomic E-state index is 0.383. The van der Waals surface area contributed by atoms with Crippen LogP contribution in [-0.2, 0) is 21.8 Å². The predicted molar refractivity (Wildman–Crippen MR) is 78.8 cm³/mol. The van der Waals surface area contributed by atoms with Gasteiger partial charge in [0.25, 0.3) is 5.09 Å². The van der Waals surface area contributed by atoms with Crippen LogP contribution in [0.1, 0.15) is 5.56 Å². The first kappa shape index (κ1) is 17.4. The Hall–Kier alpha value is -1.94. The number of aromatic nitrogens is 3. The van der Waals surface area contributed by atoms with Crippen LogP contribution in [-0.4, -0.2) is 38.3 Å². The second-order valence-electron chi connectivity index (χ2n) is 4.40. The third-order valence-corrected chi connectivity index (χ3v) is 3.48. The molecule has 1 aliphatic heterocycles. The van der Waals surface area contributed by atoms with Crippen LogP contribution in [0.5, 0.6) is 0 Å². The number of halogens is 2. The summed E-state index contributed by atoms with van der Waals surface area (Å²) < 4.78 is 13.2. The van der Waals surface area contributed by atoms with Gasteiger partial charge in [0.2, 0.25) is 5.79 Å². The van der Waals surface area contributed by atoms with Crippen molar-refractivity contribution in [3.8, 4) is 0 Å². The highest BCUT2D eigenvalue weighted by Crippen LogP contribution is 2.38. The molecule has 0 saturated carbocycles. The van der Waals surface area contributed by atoms with E-state index < -0.39 is 10.9 Å². The molecule has 23 heavy (non-hydrogen) atoms. The molecular weight excluding hydrogens is 351 g/mol. The Labute approximate surface area is 140 Å². The second-order valence-corrected chi connectivity index (χ2v) is 5.25. The molecule has 2 heterocycles. The molecule has 2 aromatic rings. The Kier molecular flexibility index (Phi) is 5.72. The number of ether oxygens (including phenoxy) is 2. The quantitative estimate of drug-likeness (QED) is 0.657. The van der Waals surface area contributed by atoms with Gasteiger partial charge in [0.05, 0.1) is 18.2 Å². The number of benzene rings is 1. The van der Waals surface area contributed by atoms with Crippen molar-refractivity contribution in [2.45, 2.75) is 12.3 Å². The van der Waals surface area contributed by atoms with E-state index in [0.717, 1.165) is 5.56 Å².